The van der Waals surface area contributed by atoms with Crippen molar-refractivity contribution in [3.63, 3.8) is 0 Å². The second kappa shape index (κ2) is 8.99. The first kappa shape index (κ1) is 19.4. The molecule has 25 heavy (non-hydrogen) atoms. The van der Waals surface area contributed by atoms with E-state index >= 15 is 0 Å². The molecule has 138 valence electrons. The number of amides is 1. The highest BCUT2D eigenvalue weighted by Crippen LogP contribution is 2.22. The first-order valence-electron chi connectivity index (χ1n) is 8.54. The third-order valence-corrected chi connectivity index (χ3v) is 6.25. The zero-order chi connectivity index (χ0) is 18.3. The summed E-state index contributed by atoms with van der Waals surface area (Å²) in [5.41, 5.74) is 0.537. The van der Waals surface area contributed by atoms with Crippen LogP contribution in [0.25, 0.3) is 0 Å². The van der Waals surface area contributed by atoms with Gasteiger partial charge in [0.25, 0.3) is 0 Å². The molecule has 7 heteroatoms. The number of sulfone groups is 1. The summed E-state index contributed by atoms with van der Waals surface area (Å²) in [7, 11) is -1.29. The second-order valence-corrected chi connectivity index (χ2v) is 8.65. The molecule has 1 heterocycles. The molecule has 0 saturated carbocycles. The standard InChI is InChI=1S/C18H25NO5S/c1-24-16-6-2-5-15(12-16)17(20)7-8-18(21)19-10-3-4-14-9-11-25(22,23)13-14/h2,5-6,12,14H,3-4,7-11,13H2,1H3,(H,19,21). The van der Waals surface area contributed by atoms with Crippen LogP contribution in [0.1, 0.15) is 42.5 Å². The Labute approximate surface area is 148 Å². The molecule has 1 N–H and O–H groups in total. The average Bonchev–Trinajstić information content (AvgIpc) is 2.95. The Bertz CT molecular complexity index is 714. The number of carbonyl (C=O) groups excluding carboxylic acids is 2. The third kappa shape index (κ3) is 6.49. The molecule has 1 saturated heterocycles. The summed E-state index contributed by atoms with van der Waals surface area (Å²) in [5, 5.41) is 2.79. The summed E-state index contributed by atoms with van der Waals surface area (Å²) >= 11 is 0. The van der Waals surface area contributed by atoms with Crippen molar-refractivity contribution in [2.24, 2.45) is 5.92 Å². The smallest absolute Gasteiger partial charge is 0.220 e. The molecule has 1 fully saturated rings. The van der Waals surface area contributed by atoms with Crippen LogP contribution >= 0.6 is 0 Å². The van der Waals surface area contributed by atoms with Crippen molar-refractivity contribution in [3.05, 3.63) is 29.8 Å². The van der Waals surface area contributed by atoms with E-state index in [-0.39, 0.29) is 42.0 Å². The van der Waals surface area contributed by atoms with Crippen LogP contribution in [-0.2, 0) is 14.6 Å². The van der Waals surface area contributed by atoms with Gasteiger partial charge in [-0.15, -0.1) is 0 Å². The summed E-state index contributed by atoms with van der Waals surface area (Å²) in [5.74, 6) is 1.15. The number of hydrogen-bond acceptors (Lipinski definition) is 5. The van der Waals surface area contributed by atoms with E-state index in [1.807, 2.05) is 0 Å². The largest absolute Gasteiger partial charge is 0.497 e. The highest BCUT2D eigenvalue weighted by molar-refractivity contribution is 7.91. The van der Waals surface area contributed by atoms with Crippen molar-refractivity contribution in [2.75, 3.05) is 25.2 Å². The average molecular weight is 367 g/mol. The summed E-state index contributed by atoms with van der Waals surface area (Å²) in [6.45, 7) is 0.517. The number of Topliss-reactive ketones (excluding diaryl/α,β-unsaturated/α-hetero) is 1. The van der Waals surface area contributed by atoms with E-state index in [0.717, 1.165) is 19.3 Å². The fourth-order valence-electron chi connectivity index (χ4n) is 2.97. The van der Waals surface area contributed by atoms with Gasteiger partial charge in [0.2, 0.25) is 5.91 Å². The van der Waals surface area contributed by atoms with E-state index in [2.05, 4.69) is 5.32 Å². The maximum Gasteiger partial charge on any atom is 0.220 e. The zero-order valence-electron chi connectivity index (χ0n) is 14.5. The lowest BCUT2D eigenvalue weighted by molar-refractivity contribution is -0.121. The van der Waals surface area contributed by atoms with Crippen molar-refractivity contribution < 1.29 is 22.7 Å². The number of ether oxygens (including phenoxy) is 1. The van der Waals surface area contributed by atoms with Gasteiger partial charge in [-0.3, -0.25) is 9.59 Å². The molecule has 0 aromatic heterocycles. The predicted molar refractivity (Wildman–Crippen MR) is 95.6 cm³/mol. The van der Waals surface area contributed by atoms with Crippen LogP contribution in [0.4, 0.5) is 0 Å². The van der Waals surface area contributed by atoms with Gasteiger partial charge >= 0.3 is 0 Å². The minimum atomic E-state index is -2.83. The van der Waals surface area contributed by atoms with Crippen molar-refractivity contribution >= 4 is 21.5 Å². The monoisotopic (exact) mass is 367 g/mol. The summed E-state index contributed by atoms with van der Waals surface area (Å²) in [6, 6.07) is 6.88. The molecule has 0 bridgehead atoms. The molecule has 1 unspecified atom stereocenters. The van der Waals surface area contributed by atoms with Crippen LogP contribution in [0.2, 0.25) is 0 Å². The Hall–Kier alpha value is -1.89. The lowest BCUT2D eigenvalue weighted by Crippen LogP contribution is -2.25. The summed E-state index contributed by atoms with van der Waals surface area (Å²) in [6.07, 6.45) is 2.59. The lowest BCUT2D eigenvalue weighted by Gasteiger charge is -2.08. The van der Waals surface area contributed by atoms with Gasteiger partial charge in [0, 0.05) is 24.9 Å². The Morgan fingerprint density at radius 2 is 2.08 bits per heavy atom. The van der Waals surface area contributed by atoms with E-state index in [1.54, 1.807) is 24.3 Å². The fraction of sp³-hybridized carbons (Fsp3) is 0.556. The van der Waals surface area contributed by atoms with Crippen LogP contribution in [0.15, 0.2) is 24.3 Å². The summed E-state index contributed by atoms with van der Waals surface area (Å²) in [4.78, 5) is 23.9. The van der Waals surface area contributed by atoms with Gasteiger partial charge < -0.3 is 10.1 Å². The number of ketones is 1. The molecular formula is C18H25NO5S. The second-order valence-electron chi connectivity index (χ2n) is 6.42. The number of benzene rings is 1. The fourth-order valence-corrected chi connectivity index (χ4v) is 4.89. The Kier molecular flexibility index (Phi) is 6.99. The molecule has 1 aliphatic heterocycles. The zero-order valence-corrected chi connectivity index (χ0v) is 15.3. The Morgan fingerprint density at radius 3 is 2.76 bits per heavy atom. The molecule has 1 amide bonds. The molecule has 0 radical (unpaired) electrons. The van der Waals surface area contributed by atoms with Crippen LogP contribution in [0.3, 0.4) is 0 Å². The van der Waals surface area contributed by atoms with Crippen molar-refractivity contribution in [3.8, 4) is 5.75 Å². The molecule has 1 aromatic carbocycles. The Morgan fingerprint density at radius 1 is 1.28 bits per heavy atom. The van der Waals surface area contributed by atoms with E-state index in [0.29, 0.717) is 17.9 Å². The third-order valence-electron chi connectivity index (χ3n) is 4.41. The molecule has 1 aromatic rings. The van der Waals surface area contributed by atoms with Gasteiger partial charge in [-0.2, -0.15) is 0 Å². The molecule has 0 spiro atoms. The van der Waals surface area contributed by atoms with Gasteiger partial charge in [0.05, 0.1) is 18.6 Å². The van der Waals surface area contributed by atoms with Gasteiger partial charge in [0.1, 0.15) is 5.75 Å². The number of carbonyl (C=O) groups is 2. The van der Waals surface area contributed by atoms with Crippen LogP contribution in [-0.4, -0.2) is 45.3 Å². The minimum absolute atomic E-state index is 0.0924. The number of hydrogen-bond donors (Lipinski definition) is 1. The van der Waals surface area contributed by atoms with Gasteiger partial charge in [-0.05, 0) is 37.3 Å². The molecule has 2 rings (SSSR count). The van der Waals surface area contributed by atoms with Crippen LogP contribution < -0.4 is 10.1 Å². The van der Waals surface area contributed by atoms with Crippen molar-refractivity contribution in [1.29, 1.82) is 0 Å². The molecule has 0 aliphatic carbocycles. The predicted octanol–water partition coefficient (Wildman–Crippen LogP) is 1.99. The first-order chi connectivity index (χ1) is 11.9. The quantitative estimate of drug-likeness (QED) is 0.532. The van der Waals surface area contributed by atoms with Crippen molar-refractivity contribution in [1.82, 2.24) is 5.32 Å². The van der Waals surface area contributed by atoms with Crippen LogP contribution in [0, 0.1) is 5.92 Å². The highest BCUT2D eigenvalue weighted by atomic mass is 32.2. The van der Waals surface area contributed by atoms with Gasteiger partial charge in [0.15, 0.2) is 15.6 Å². The first-order valence-corrected chi connectivity index (χ1v) is 10.4. The number of nitrogens with one attached hydrogen (secondary N) is 1. The molecule has 6 nitrogen and oxygen atoms in total. The Balaban J connectivity index is 1.63. The highest BCUT2D eigenvalue weighted by Gasteiger charge is 2.27. The van der Waals surface area contributed by atoms with Crippen LogP contribution in [0.5, 0.6) is 5.75 Å². The van der Waals surface area contributed by atoms with E-state index < -0.39 is 9.84 Å². The van der Waals surface area contributed by atoms with Gasteiger partial charge in [-0.25, -0.2) is 8.42 Å². The van der Waals surface area contributed by atoms with E-state index in [1.165, 1.54) is 7.11 Å². The van der Waals surface area contributed by atoms with Gasteiger partial charge in [-0.1, -0.05) is 12.1 Å². The minimum Gasteiger partial charge on any atom is -0.497 e. The maximum absolute atomic E-state index is 12.1. The number of rotatable bonds is 9. The van der Waals surface area contributed by atoms with E-state index in [9.17, 15) is 18.0 Å². The summed E-state index contributed by atoms with van der Waals surface area (Å²) < 4.78 is 27.8. The molecule has 1 atom stereocenters. The molecule has 1 aliphatic rings. The maximum atomic E-state index is 12.1. The topological polar surface area (TPSA) is 89.5 Å². The lowest BCUT2D eigenvalue weighted by atomic mass is 10.0. The number of methoxy groups -OCH3 is 1. The molecular weight excluding hydrogens is 342 g/mol. The SMILES string of the molecule is COc1cccc(C(=O)CCC(=O)NCCCC2CCS(=O)(=O)C2)c1. The normalized spacial score (nSPS) is 18.7. The van der Waals surface area contributed by atoms with E-state index in [4.69, 9.17) is 4.74 Å². The van der Waals surface area contributed by atoms with Crippen molar-refractivity contribution in [2.45, 2.75) is 32.1 Å².